The molecule has 0 heterocycles. The lowest BCUT2D eigenvalue weighted by Gasteiger charge is -2.10. The topological polar surface area (TPSA) is 64.3 Å². The van der Waals surface area contributed by atoms with E-state index in [1.165, 1.54) is 0 Å². The number of amides is 1. The Hall–Kier alpha value is -0.780. The smallest absolute Gasteiger partial charge is 0.225 e. The molecule has 17 heavy (non-hydrogen) atoms. The fraction of sp³-hybridized carbons (Fsp3) is 0.364. The molecule has 1 aromatic carbocycles. The third-order valence-electron chi connectivity index (χ3n) is 1.95. The largest absolute Gasteiger partial charge is 0.497 e. The molecule has 96 valence electrons. The summed E-state index contributed by atoms with van der Waals surface area (Å²) in [5, 5.41) is 2.77. The van der Waals surface area contributed by atoms with E-state index in [9.17, 15) is 4.79 Å². The van der Waals surface area contributed by atoms with Crippen LogP contribution in [0.2, 0.25) is 0 Å². The summed E-state index contributed by atoms with van der Waals surface area (Å²) in [5.41, 5.74) is 6.23. The Bertz CT molecular complexity index is 386. The Kier molecular flexibility index (Phi) is 7.18. The number of halogens is 2. The highest BCUT2D eigenvalue weighted by atomic mass is 79.9. The van der Waals surface area contributed by atoms with E-state index >= 15 is 0 Å². The molecule has 0 fully saturated rings. The zero-order valence-electron chi connectivity index (χ0n) is 9.70. The van der Waals surface area contributed by atoms with Gasteiger partial charge in [0, 0.05) is 23.0 Å². The minimum atomic E-state index is -0.149. The normalized spacial score (nSPS) is 11.3. The lowest BCUT2D eigenvalue weighted by molar-refractivity contribution is -0.116. The maximum Gasteiger partial charge on any atom is 0.225 e. The van der Waals surface area contributed by atoms with Gasteiger partial charge in [-0.25, -0.2) is 0 Å². The molecule has 0 aliphatic heterocycles. The van der Waals surface area contributed by atoms with Crippen molar-refractivity contribution >= 4 is 39.9 Å². The van der Waals surface area contributed by atoms with Crippen molar-refractivity contribution in [1.29, 1.82) is 0 Å². The first-order valence-electron chi connectivity index (χ1n) is 4.92. The molecule has 0 aromatic heterocycles. The number of nitrogens with two attached hydrogens (primary N) is 1. The number of nitrogens with one attached hydrogen (secondary N) is 1. The Morgan fingerprint density at radius 3 is 2.76 bits per heavy atom. The molecule has 0 spiro atoms. The lowest BCUT2D eigenvalue weighted by Crippen LogP contribution is -2.24. The summed E-state index contributed by atoms with van der Waals surface area (Å²) in [7, 11) is 1.58. The van der Waals surface area contributed by atoms with Gasteiger partial charge in [-0.3, -0.25) is 4.79 Å². The van der Waals surface area contributed by atoms with Crippen LogP contribution >= 0.6 is 28.3 Å². The zero-order valence-corrected chi connectivity index (χ0v) is 12.1. The summed E-state index contributed by atoms with van der Waals surface area (Å²) in [6.07, 6.45) is 0.295. The summed E-state index contributed by atoms with van der Waals surface area (Å²) in [6, 6.07) is 5.23. The number of benzene rings is 1. The van der Waals surface area contributed by atoms with E-state index in [4.69, 9.17) is 10.5 Å². The van der Waals surface area contributed by atoms with Gasteiger partial charge in [0.2, 0.25) is 5.91 Å². The molecular formula is C11H16BrClN2O2. The molecule has 0 radical (unpaired) electrons. The highest BCUT2D eigenvalue weighted by molar-refractivity contribution is 9.10. The average molecular weight is 324 g/mol. The molecule has 1 unspecified atom stereocenters. The molecule has 0 saturated heterocycles. The van der Waals surface area contributed by atoms with Crippen molar-refractivity contribution in [2.75, 3.05) is 12.4 Å². The SMILES string of the molecule is COc1ccc(Br)c(NC(=O)CC(C)N)c1.Cl. The van der Waals surface area contributed by atoms with Crippen LogP contribution in [0.4, 0.5) is 5.69 Å². The average Bonchev–Trinajstić information content (AvgIpc) is 2.20. The summed E-state index contributed by atoms with van der Waals surface area (Å²) in [4.78, 5) is 11.5. The summed E-state index contributed by atoms with van der Waals surface area (Å²) in [6.45, 7) is 1.79. The number of rotatable bonds is 4. The van der Waals surface area contributed by atoms with Gasteiger partial charge >= 0.3 is 0 Å². The van der Waals surface area contributed by atoms with Crippen LogP contribution in [0.15, 0.2) is 22.7 Å². The quantitative estimate of drug-likeness (QED) is 0.895. The molecular weight excluding hydrogens is 307 g/mol. The van der Waals surface area contributed by atoms with E-state index in [1.807, 2.05) is 12.1 Å². The zero-order chi connectivity index (χ0) is 12.1. The third-order valence-corrected chi connectivity index (χ3v) is 2.65. The Labute approximate surface area is 115 Å². The van der Waals surface area contributed by atoms with Crippen LogP contribution in [0.3, 0.4) is 0 Å². The molecule has 6 heteroatoms. The second-order valence-electron chi connectivity index (χ2n) is 3.58. The number of methoxy groups -OCH3 is 1. The van der Waals surface area contributed by atoms with Crippen molar-refractivity contribution < 1.29 is 9.53 Å². The van der Waals surface area contributed by atoms with Crippen LogP contribution in [0.25, 0.3) is 0 Å². The van der Waals surface area contributed by atoms with Crippen molar-refractivity contribution in [2.45, 2.75) is 19.4 Å². The minimum absolute atomic E-state index is 0. The first-order chi connectivity index (χ1) is 7.52. The molecule has 0 aliphatic rings. The van der Waals surface area contributed by atoms with Crippen molar-refractivity contribution in [3.05, 3.63) is 22.7 Å². The number of anilines is 1. The number of hydrogen-bond donors (Lipinski definition) is 2. The second-order valence-corrected chi connectivity index (χ2v) is 4.43. The maximum absolute atomic E-state index is 11.5. The van der Waals surface area contributed by atoms with Gasteiger partial charge in [-0.15, -0.1) is 12.4 Å². The highest BCUT2D eigenvalue weighted by Gasteiger charge is 2.08. The number of hydrogen-bond acceptors (Lipinski definition) is 3. The van der Waals surface area contributed by atoms with Crippen molar-refractivity contribution in [2.24, 2.45) is 5.73 Å². The first kappa shape index (κ1) is 16.2. The molecule has 3 N–H and O–H groups in total. The van der Waals surface area contributed by atoms with E-state index in [0.717, 1.165) is 4.47 Å². The van der Waals surface area contributed by atoms with E-state index in [-0.39, 0.29) is 24.4 Å². The molecule has 0 saturated carbocycles. The molecule has 1 amide bonds. The van der Waals surface area contributed by atoms with Crippen LogP contribution in [0.1, 0.15) is 13.3 Å². The van der Waals surface area contributed by atoms with Gasteiger partial charge in [0.05, 0.1) is 12.8 Å². The fourth-order valence-corrected chi connectivity index (χ4v) is 1.57. The van der Waals surface area contributed by atoms with Crippen LogP contribution in [-0.2, 0) is 4.79 Å². The molecule has 1 atom stereocenters. The highest BCUT2D eigenvalue weighted by Crippen LogP contribution is 2.27. The van der Waals surface area contributed by atoms with E-state index in [1.54, 1.807) is 20.1 Å². The first-order valence-corrected chi connectivity index (χ1v) is 5.71. The van der Waals surface area contributed by atoms with Crippen molar-refractivity contribution in [3.63, 3.8) is 0 Å². The van der Waals surface area contributed by atoms with Crippen LogP contribution in [-0.4, -0.2) is 19.1 Å². The molecule has 0 bridgehead atoms. The van der Waals surface area contributed by atoms with E-state index < -0.39 is 0 Å². The van der Waals surface area contributed by atoms with Gasteiger partial charge in [-0.05, 0) is 35.0 Å². The molecule has 1 rings (SSSR count). The minimum Gasteiger partial charge on any atom is -0.497 e. The molecule has 0 aliphatic carbocycles. The van der Waals surface area contributed by atoms with Gasteiger partial charge in [0.1, 0.15) is 5.75 Å². The maximum atomic E-state index is 11.5. The predicted octanol–water partition coefficient (Wildman–Crippen LogP) is 2.56. The third kappa shape index (κ3) is 5.39. The van der Waals surface area contributed by atoms with E-state index in [0.29, 0.717) is 17.9 Å². The fourth-order valence-electron chi connectivity index (χ4n) is 1.22. The van der Waals surface area contributed by atoms with Gasteiger partial charge in [-0.1, -0.05) is 0 Å². The van der Waals surface area contributed by atoms with E-state index in [2.05, 4.69) is 21.2 Å². The standard InChI is InChI=1S/C11H15BrN2O2.ClH/c1-7(13)5-11(15)14-10-6-8(16-2)3-4-9(10)12;/h3-4,6-7H,5,13H2,1-2H3,(H,14,15);1H. The van der Waals surface area contributed by atoms with Gasteiger partial charge in [0.25, 0.3) is 0 Å². The van der Waals surface area contributed by atoms with Gasteiger partial charge in [-0.2, -0.15) is 0 Å². The Balaban J connectivity index is 0.00000256. The van der Waals surface area contributed by atoms with Crippen molar-refractivity contribution in [3.8, 4) is 5.75 Å². The number of carbonyl (C=O) groups excluding carboxylic acids is 1. The molecule has 4 nitrogen and oxygen atoms in total. The van der Waals surface area contributed by atoms with Gasteiger partial charge in [0.15, 0.2) is 0 Å². The summed E-state index contributed by atoms with van der Waals surface area (Å²) in [5.74, 6) is 0.586. The summed E-state index contributed by atoms with van der Waals surface area (Å²) < 4.78 is 5.89. The molecule has 1 aromatic rings. The number of ether oxygens (including phenoxy) is 1. The monoisotopic (exact) mass is 322 g/mol. The Morgan fingerprint density at radius 2 is 2.24 bits per heavy atom. The number of carbonyl (C=O) groups is 1. The van der Waals surface area contributed by atoms with Gasteiger partial charge < -0.3 is 15.8 Å². The van der Waals surface area contributed by atoms with Crippen LogP contribution < -0.4 is 15.8 Å². The lowest BCUT2D eigenvalue weighted by atomic mass is 10.2. The van der Waals surface area contributed by atoms with Crippen LogP contribution in [0, 0.1) is 0 Å². The van der Waals surface area contributed by atoms with Crippen LogP contribution in [0.5, 0.6) is 5.75 Å². The summed E-state index contributed by atoms with van der Waals surface area (Å²) >= 11 is 3.35. The van der Waals surface area contributed by atoms with Crippen molar-refractivity contribution in [1.82, 2.24) is 0 Å². The second kappa shape index (κ2) is 7.53. The predicted molar refractivity (Wildman–Crippen MR) is 74.8 cm³/mol. The Morgan fingerprint density at radius 1 is 1.59 bits per heavy atom.